The summed E-state index contributed by atoms with van der Waals surface area (Å²) < 4.78 is 33.0. The molecule has 1 atom stereocenters. The number of nitrogens with zero attached hydrogens (tertiary/aromatic N) is 3. The largest absolute Gasteiger partial charge is 0.497 e. The number of carbonyl (C=O) groups excluding carboxylic acids is 1. The molecule has 0 fully saturated rings. The molecule has 1 aromatic heterocycles. The molecule has 0 aliphatic heterocycles. The number of hydrogen-bond donors (Lipinski definition) is 1. The van der Waals surface area contributed by atoms with E-state index in [4.69, 9.17) is 27.9 Å². The van der Waals surface area contributed by atoms with E-state index in [0.29, 0.717) is 21.5 Å². The molecular formula is C24H26Cl2N4O4S. The highest BCUT2D eigenvalue weighted by molar-refractivity contribution is 7.92. The van der Waals surface area contributed by atoms with Crippen LogP contribution in [0.4, 0.5) is 5.69 Å². The summed E-state index contributed by atoms with van der Waals surface area (Å²) in [5.41, 5.74) is 5.99. The van der Waals surface area contributed by atoms with Crippen molar-refractivity contribution in [1.29, 1.82) is 0 Å². The lowest BCUT2D eigenvalue weighted by Gasteiger charge is -2.27. The third kappa shape index (κ3) is 5.98. The van der Waals surface area contributed by atoms with E-state index in [2.05, 4.69) is 10.5 Å². The van der Waals surface area contributed by atoms with Gasteiger partial charge in [0.25, 0.3) is 5.91 Å². The zero-order chi connectivity index (χ0) is 25.9. The van der Waals surface area contributed by atoms with Crippen molar-refractivity contribution in [3.8, 4) is 11.4 Å². The predicted molar refractivity (Wildman–Crippen MR) is 141 cm³/mol. The predicted octanol–water partition coefficient (Wildman–Crippen LogP) is 4.71. The van der Waals surface area contributed by atoms with Crippen molar-refractivity contribution in [1.82, 2.24) is 9.99 Å². The molecule has 0 spiro atoms. The number of nitrogens with one attached hydrogen (secondary N) is 1. The van der Waals surface area contributed by atoms with Crippen LogP contribution in [0.3, 0.4) is 0 Å². The number of methoxy groups -OCH3 is 1. The van der Waals surface area contributed by atoms with Gasteiger partial charge in [0.15, 0.2) is 0 Å². The van der Waals surface area contributed by atoms with Crippen LogP contribution in [0.15, 0.2) is 53.6 Å². The van der Waals surface area contributed by atoms with Crippen molar-refractivity contribution in [2.75, 3.05) is 17.7 Å². The van der Waals surface area contributed by atoms with Gasteiger partial charge < -0.3 is 9.30 Å². The van der Waals surface area contributed by atoms with Gasteiger partial charge in [-0.05, 0) is 69.3 Å². The molecule has 3 aromatic rings. The molecule has 8 nitrogen and oxygen atoms in total. The first-order valence-electron chi connectivity index (χ1n) is 10.5. The van der Waals surface area contributed by atoms with Crippen molar-refractivity contribution in [3.05, 3.63) is 75.5 Å². The summed E-state index contributed by atoms with van der Waals surface area (Å²) in [7, 11) is -2.24. The number of halogens is 2. The highest BCUT2D eigenvalue weighted by Crippen LogP contribution is 2.28. The summed E-state index contributed by atoms with van der Waals surface area (Å²) in [4.78, 5) is 12.8. The van der Waals surface area contributed by atoms with Crippen LogP contribution < -0.4 is 14.5 Å². The maximum Gasteiger partial charge on any atom is 0.263 e. The fourth-order valence-corrected chi connectivity index (χ4v) is 5.29. The van der Waals surface area contributed by atoms with Crippen molar-refractivity contribution in [3.63, 3.8) is 0 Å². The van der Waals surface area contributed by atoms with E-state index in [1.54, 1.807) is 42.5 Å². The van der Waals surface area contributed by atoms with Gasteiger partial charge in [0.2, 0.25) is 10.0 Å². The van der Waals surface area contributed by atoms with Gasteiger partial charge in [-0.25, -0.2) is 13.8 Å². The number of sulfonamides is 1. The fraction of sp³-hybridized carbons (Fsp3) is 0.250. The average Bonchev–Trinajstić information content (AvgIpc) is 3.07. The van der Waals surface area contributed by atoms with E-state index in [-0.39, 0.29) is 0 Å². The molecule has 0 unspecified atom stereocenters. The summed E-state index contributed by atoms with van der Waals surface area (Å²) in [5, 5.41) is 5.16. The monoisotopic (exact) mass is 536 g/mol. The number of ether oxygens (including phenoxy) is 1. The second-order valence-electron chi connectivity index (χ2n) is 7.92. The number of carbonyl (C=O) groups is 1. The molecule has 3 rings (SSSR count). The first-order chi connectivity index (χ1) is 16.4. The van der Waals surface area contributed by atoms with Crippen LogP contribution in [0.1, 0.15) is 23.9 Å². The van der Waals surface area contributed by atoms with Gasteiger partial charge in [-0.2, -0.15) is 5.10 Å². The van der Waals surface area contributed by atoms with Crippen LogP contribution in [0.2, 0.25) is 10.0 Å². The Hall–Kier alpha value is -3.01. The normalized spacial score (nSPS) is 12.5. The van der Waals surface area contributed by atoms with Gasteiger partial charge >= 0.3 is 0 Å². The molecule has 1 amide bonds. The van der Waals surface area contributed by atoms with E-state index in [1.165, 1.54) is 20.2 Å². The minimum Gasteiger partial charge on any atom is -0.497 e. The zero-order valence-electron chi connectivity index (χ0n) is 19.9. The molecule has 0 radical (unpaired) electrons. The van der Waals surface area contributed by atoms with E-state index >= 15 is 0 Å². The Balaban J connectivity index is 1.81. The third-order valence-electron chi connectivity index (χ3n) is 5.41. The van der Waals surface area contributed by atoms with Crippen molar-refractivity contribution < 1.29 is 17.9 Å². The Morgan fingerprint density at radius 2 is 1.80 bits per heavy atom. The van der Waals surface area contributed by atoms with Gasteiger partial charge in [0.05, 0.1) is 36.0 Å². The summed E-state index contributed by atoms with van der Waals surface area (Å²) in [6.07, 6.45) is 2.54. The van der Waals surface area contributed by atoms with Crippen molar-refractivity contribution in [2.45, 2.75) is 26.8 Å². The summed E-state index contributed by atoms with van der Waals surface area (Å²) in [5.74, 6) is -0.0187. The number of hydrogen-bond acceptors (Lipinski definition) is 5. The molecule has 0 saturated carbocycles. The fourth-order valence-electron chi connectivity index (χ4n) is 3.74. The van der Waals surface area contributed by atoms with E-state index < -0.39 is 22.0 Å². The number of aryl methyl sites for hydroxylation is 1. The van der Waals surface area contributed by atoms with E-state index in [9.17, 15) is 13.2 Å². The molecule has 1 heterocycles. The van der Waals surface area contributed by atoms with Gasteiger partial charge in [-0.1, -0.05) is 23.2 Å². The lowest BCUT2D eigenvalue weighted by atomic mass is 10.2. The second-order valence-corrected chi connectivity index (χ2v) is 10.6. The SMILES string of the molecule is COc1ccc(N([C@@H](C)C(=O)N/N=C\c2cc(C)n(-c3cc(Cl)ccc3Cl)c2C)S(C)(=O)=O)cc1. The molecule has 1 N–H and O–H groups in total. The highest BCUT2D eigenvalue weighted by atomic mass is 35.5. The molecular weight excluding hydrogens is 511 g/mol. The molecule has 11 heteroatoms. The Morgan fingerprint density at radius 3 is 2.40 bits per heavy atom. The van der Waals surface area contributed by atoms with E-state index in [0.717, 1.165) is 33.2 Å². The van der Waals surface area contributed by atoms with Crippen LogP contribution in [0.25, 0.3) is 5.69 Å². The smallest absolute Gasteiger partial charge is 0.263 e. The average molecular weight is 537 g/mol. The second kappa shape index (κ2) is 10.7. The number of amides is 1. The van der Waals surface area contributed by atoms with Gasteiger partial charge in [-0.15, -0.1) is 0 Å². The number of hydrazone groups is 1. The van der Waals surface area contributed by atoms with Gasteiger partial charge in [0.1, 0.15) is 11.8 Å². The van der Waals surface area contributed by atoms with Crippen LogP contribution in [-0.2, 0) is 14.8 Å². The molecule has 0 saturated heterocycles. The van der Waals surface area contributed by atoms with Crippen molar-refractivity contribution >= 4 is 51.0 Å². The number of rotatable bonds is 8. The molecule has 186 valence electrons. The van der Waals surface area contributed by atoms with Crippen LogP contribution in [0.5, 0.6) is 5.75 Å². The standard InChI is InChI=1S/C24H26Cl2N4O4S/c1-15-12-18(16(2)29(15)23-13-19(25)6-11-22(23)26)14-27-28-24(31)17(3)30(35(5,32)33)20-7-9-21(34-4)10-8-20/h6-14,17H,1-5H3,(H,28,31)/b27-14-/t17-/m0/s1. The topological polar surface area (TPSA) is 93.0 Å². The highest BCUT2D eigenvalue weighted by Gasteiger charge is 2.29. The Kier molecular flexibility index (Phi) is 8.15. The molecule has 0 bridgehead atoms. The Labute approximate surface area is 215 Å². The van der Waals surface area contributed by atoms with Crippen molar-refractivity contribution in [2.24, 2.45) is 5.10 Å². The van der Waals surface area contributed by atoms with Gasteiger partial charge in [0, 0.05) is 22.0 Å². The lowest BCUT2D eigenvalue weighted by Crippen LogP contribution is -2.46. The minimum atomic E-state index is -3.75. The third-order valence-corrected chi connectivity index (χ3v) is 7.21. The Morgan fingerprint density at radius 1 is 1.14 bits per heavy atom. The van der Waals surface area contributed by atoms with E-state index in [1.807, 2.05) is 24.5 Å². The molecule has 0 aliphatic carbocycles. The first-order valence-corrected chi connectivity index (χ1v) is 13.1. The van der Waals surface area contributed by atoms with Crippen LogP contribution in [-0.4, -0.2) is 44.5 Å². The minimum absolute atomic E-state index is 0.335. The summed E-state index contributed by atoms with van der Waals surface area (Å²) >= 11 is 12.5. The number of aromatic nitrogens is 1. The number of benzene rings is 2. The summed E-state index contributed by atoms with van der Waals surface area (Å²) in [6, 6.07) is 12.4. The summed E-state index contributed by atoms with van der Waals surface area (Å²) in [6.45, 7) is 5.30. The zero-order valence-corrected chi connectivity index (χ0v) is 22.2. The molecule has 2 aromatic carbocycles. The lowest BCUT2D eigenvalue weighted by molar-refractivity contribution is -0.121. The number of anilines is 1. The van der Waals surface area contributed by atoms with Crippen LogP contribution in [0, 0.1) is 13.8 Å². The van der Waals surface area contributed by atoms with Crippen LogP contribution >= 0.6 is 23.2 Å². The molecule has 0 aliphatic rings. The quantitative estimate of drug-likeness (QED) is 0.333. The first kappa shape index (κ1) is 26.6. The maximum atomic E-state index is 12.8. The van der Waals surface area contributed by atoms with Gasteiger partial charge in [-0.3, -0.25) is 9.10 Å². The Bertz CT molecular complexity index is 1370. The maximum absolute atomic E-state index is 12.8. The molecule has 35 heavy (non-hydrogen) atoms.